The van der Waals surface area contributed by atoms with Crippen LogP contribution in [0.1, 0.15) is 12.5 Å². The van der Waals surface area contributed by atoms with Crippen LogP contribution in [0.5, 0.6) is 0 Å². The Labute approximate surface area is 162 Å². The molecule has 0 amide bonds. The van der Waals surface area contributed by atoms with Crippen molar-refractivity contribution in [2.75, 3.05) is 0 Å². The molecule has 0 radical (unpaired) electrons. The lowest BCUT2D eigenvalue weighted by molar-refractivity contribution is -0.140. The number of hydrogen-bond donors (Lipinski definition) is 0. The fourth-order valence-electron chi connectivity index (χ4n) is 3.64. The summed E-state index contributed by atoms with van der Waals surface area (Å²) in [6.07, 6.45) is 2.04. The Morgan fingerprint density at radius 2 is 1.96 bits per heavy atom. The van der Waals surface area contributed by atoms with E-state index in [2.05, 4.69) is 9.97 Å². The van der Waals surface area contributed by atoms with Gasteiger partial charge < -0.3 is 4.57 Å². The van der Waals surface area contributed by atoms with Gasteiger partial charge in [-0.05, 0) is 23.3 Å². The molecule has 0 saturated heterocycles. The molecule has 0 spiro atoms. The second-order valence-corrected chi connectivity index (χ2v) is 7.43. The zero-order valence-electron chi connectivity index (χ0n) is 14.1. The van der Waals surface area contributed by atoms with E-state index >= 15 is 0 Å². The molecule has 3 aromatic rings. The van der Waals surface area contributed by atoms with Crippen LogP contribution in [0, 0.1) is 5.92 Å². The van der Waals surface area contributed by atoms with Gasteiger partial charge in [-0.2, -0.15) is 13.2 Å². The third kappa shape index (κ3) is 3.21. The van der Waals surface area contributed by atoms with E-state index in [1.807, 2.05) is 13.0 Å². The summed E-state index contributed by atoms with van der Waals surface area (Å²) in [7, 11) is 0. The Bertz CT molecular complexity index is 1130. The minimum atomic E-state index is -4.38. The van der Waals surface area contributed by atoms with Gasteiger partial charge in [-0.3, -0.25) is 4.98 Å². The molecule has 27 heavy (non-hydrogen) atoms. The number of fused-ring (bicyclic) bond motifs is 3. The highest BCUT2D eigenvalue weighted by molar-refractivity contribution is 6.29. The zero-order valence-corrected chi connectivity index (χ0v) is 15.6. The van der Waals surface area contributed by atoms with E-state index in [-0.39, 0.29) is 11.3 Å². The van der Waals surface area contributed by atoms with Gasteiger partial charge in [0.15, 0.2) is 0 Å². The third-order valence-electron chi connectivity index (χ3n) is 4.80. The fraction of sp³-hybridized carbons (Fsp3) is 0.263. The predicted octanol–water partition coefficient (Wildman–Crippen LogP) is 3.88. The van der Waals surface area contributed by atoms with Crippen molar-refractivity contribution < 1.29 is 13.2 Å². The molecule has 1 aliphatic carbocycles. The first-order valence-electron chi connectivity index (χ1n) is 8.27. The number of alkyl halides is 4. The second-order valence-electron chi connectivity index (χ2n) is 6.54. The summed E-state index contributed by atoms with van der Waals surface area (Å²) in [6, 6.07) is 5.10. The van der Waals surface area contributed by atoms with Crippen LogP contribution in [0.25, 0.3) is 22.6 Å². The van der Waals surface area contributed by atoms with Crippen LogP contribution in [0.15, 0.2) is 36.8 Å². The maximum atomic E-state index is 13.4. The summed E-state index contributed by atoms with van der Waals surface area (Å²) in [5.41, 5.74) is 1.84. The highest BCUT2D eigenvalue weighted by Gasteiger charge is 2.32. The molecule has 0 aromatic carbocycles. The Balaban J connectivity index is 2.18. The minimum Gasteiger partial charge on any atom is -0.330 e. The largest absolute Gasteiger partial charge is 0.406 e. The molecule has 3 aromatic heterocycles. The molecule has 0 N–H and O–H groups in total. The fourth-order valence-corrected chi connectivity index (χ4v) is 4.00. The molecule has 0 aliphatic heterocycles. The number of halogens is 5. The normalized spacial score (nSPS) is 19.9. The van der Waals surface area contributed by atoms with Gasteiger partial charge in [0.2, 0.25) is 0 Å². The highest BCUT2D eigenvalue weighted by Crippen LogP contribution is 2.30. The second kappa shape index (κ2) is 6.53. The summed E-state index contributed by atoms with van der Waals surface area (Å²) >= 11 is 12.4. The van der Waals surface area contributed by atoms with Gasteiger partial charge in [0.1, 0.15) is 11.7 Å². The SMILES string of the molecule is CC1C(c2ccc(Cl)nc2)=c2c(c3ccncc3n2CC(F)(F)F)=CC1Cl. The van der Waals surface area contributed by atoms with E-state index in [1.165, 1.54) is 10.8 Å². The summed E-state index contributed by atoms with van der Waals surface area (Å²) in [5.74, 6) is -0.202. The van der Waals surface area contributed by atoms with Crippen LogP contribution < -0.4 is 10.6 Å². The number of pyridine rings is 2. The van der Waals surface area contributed by atoms with Crippen molar-refractivity contribution in [1.29, 1.82) is 0 Å². The van der Waals surface area contributed by atoms with E-state index in [0.29, 0.717) is 32.2 Å². The average Bonchev–Trinajstić information content (AvgIpc) is 2.89. The monoisotopic (exact) mass is 411 g/mol. The summed E-state index contributed by atoms with van der Waals surface area (Å²) < 4.78 is 41.3. The van der Waals surface area contributed by atoms with Crippen molar-refractivity contribution in [3.63, 3.8) is 0 Å². The van der Waals surface area contributed by atoms with Crippen LogP contribution in [0.3, 0.4) is 0 Å². The van der Waals surface area contributed by atoms with Crippen LogP contribution >= 0.6 is 23.2 Å². The maximum Gasteiger partial charge on any atom is 0.406 e. The van der Waals surface area contributed by atoms with E-state index in [9.17, 15) is 13.2 Å². The zero-order chi connectivity index (χ0) is 19.3. The van der Waals surface area contributed by atoms with Crippen molar-refractivity contribution in [1.82, 2.24) is 14.5 Å². The van der Waals surface area contributed by atoms with E-state index in [4.69, 9.17) is 23.2 Å². The minimum absolute atomic E-state index is 0.202. The molecule has 0 fully saturated rings. The molecule has 8 heteroatoms. The van der Waals surface area contributed by atoms with Gasteiger partial charge in [-0.25, -0.2) is 4.98 Å². The lowest BCUT2D eigenvalue weighted by atomic mass is 9.87. The first-order valence-corrected chi connectivity index (χ1v) is 9.09. The summed E-state index contributed by atoms with van der Waals surface area (Å²) in [5, 5.41) is 1.85. The number of hydrogen-bond acceptors (Lipinski definition) is 2. The van der Waals surface area contributed by atoms with Gasteiger partial charge in [0.25, 0.3) is 0 Å². The van der Waals surface area contributed by atoms with Crippen molar-refractivity contribution in [2.45, 2.75) is 25.0 Å². The first-order chi connectivity index (χ1) is 12.8. The Morgan fingerprint density at radius 3 is 2.63 bits per heavy atom. The molecule has 3 heterocycles. The lowest BCUT2D eigenvalue weighted by Gasteiger charge is -2.23. The molecular weight excluding hydrogens is 398 g/mol. The molecular formula is C19H14Cl2F3N3. The molecule has 0 bridgehead atoms. The Hall–Kier alpha value is -2.05. The van der Waals surface area contributed by atoms with E-state index in [1.54, 1.807) is 30.6 Å². The highest BCUT2D eigenvalue weighted by atomic mass is 35.5. The van der Waals surface area contributed by atoms with Crippen molar-refractivity contribution >= 4 is 45.8 Å². The van der Waals surface area contributed by atoms with Gasteiger partial charge in [0.05, 0.1) is 22.4 Å². The van der Waals surface area contributed by atoms with Crippen LogP contribution in [-0.2, 0) is 6.54 Å². The Kier molecular flexibility index (Phi) is 4.43. The molecule has 2 atom stereocenters. The smallest absolute Gasteiger partial charge is 0.330 e. The third-order valence-corrected chi connectivity index (χ3v) is 5.52. The standard InChI is InChI=1S/C19H14Cl2F3N3/c1-10-14(20)6-13-12-4-5-25-8-15(12)27(9-19(22,23)24)18(13)17(10)11-2-3-16(21)26-7-11/h2-8,10,14H,9H2,1H3. The van der Waals surface area contributed by atoms with Gasteiger partial charge >= 0.3 is 6.18 Å². The topological polar surface area (TPSA) is 30.7 Å². The number of rotatable bonds is 2. The van der Waals surface area contributed by atoms with Crippen molar-refractivity contribution in [3.05, 3.63) is 58.1 Å². The maximum absolute atomic E-state index is 13.4. The number of nitrogens with zero attached hydrogens (tertiary/aromatic N) is 3. The molecule has 3 nitrogen and oxygen atoms in total. The van der Waals surface area contributed by atoms with Gasteiger partial charge in [-0.1, -0.05) is 30.7 Å². The predicted molar refractivity (Wildman–Crippen MR) is 100 cm³/mol. The van der Waals surface area contributed by atoms with Crippen molar-refractivity contribution in [2.24, 2.45) is 5.92 Å². The molecule has 4 rings (SSSR count). The first kappa shape index (κ1) is 18.3. The van der Waals surface area contributed by atoms with Crippen LogP contribution in [0.4, 0.5) is 13.2 Å². The summed E-state index contributed by atoms with van der Waals surface area (Å²) in [4.78, 5) is 8.11. The summed E-state index contributed by atoms with van der Waals surface area (Å²) in [6.45, 7) is 0.789. The molecule has 2 unspecified atom stereocenters. The quantitative estimate of drug-likeness (QED) is 0.473. The van der Waals surface area contributed by atoms with Crippen LogP contribution in [0.2, 0.25) is 5.15 Å². The van der Waals surface area contributed by atoms with E-state index < -0.39 is 12.7 Å². The Morgan fingerprint density at radius 1 is 1.19 bits per heavy atom. The van der Waals surface area contributed by atoms with Crippen molar-refractivity contribution in [3.8, 4) is 0 Å². The number of aromatic nitrogens is 3. The molecule has 1 aliphatic rings. The molecule has 140 valence electrons. The lowest BCUT2D eigenvalue weighted by Crippen LogP contribution is -2.41. The van der Waals surface area contributed by atoms with Gasteiger partial charge in [-0.15, -0.1) is 11.6 Å². The van der Waals surface area contributed by atoms with E-state index in [0.717, 1.165) is 5.57 Å². The average molecular weight is 412 g/mol. The molecule has 0 saturated carbocycles. The van der Waals surface area contributed by atoms with Crippen LogP contribution in [-0.4, -0.2) is 26.1 Å². The van der Waals surface area contributed by atoms with Gasteiger partial charge in [0, 0.05) is 28.9 Å².